The summed E-state index contributed by atoms with van der Waals surface area (Å²) in [5.41, 5.74) is 2.01. The molecule has 0 atom stereocenters. The molecule has 29 heavy (non-hydrogen) atoms. The SMILES string of the molecule is COc1cc(C=Cc2nc3ccc(Br)cc3c(=O)n2-c2ccccc2)ccc1O. The summed E-state index contributed by atoms with van der Waals surface area (Å²) in [5, 5.41) is 10.3. The van der Waals surface area contributed by atoms with Crippen molar-refractivity contribution in [3.63, 3.8) is 0 Å². The van der Waals surface area contributed by atoms with Crippen molar-refractivity contribution in [1.82, 2.24) is 9.55 Å². The van der Waals surface area contributed by atoms with Crippen molar-refractivity contribution >= 4 is 39.0 Å². The number of para-hydroxylation sites is 1. The number of nitrogens with zero attached hydrogens (tertiary/aromatic N) is 2. The third-order valence-electron chi connectivity index (χ3n) is 4.50. The first-order chi connectivity index (χ1) is 14.1. The van der Waals surface area contributed by atoms with Gasteiger partial charge in [-0.1, -0.05) is 46.3 Å². The number of hydrogen-bond acceptors (Lipinski definition) is 4. The Balaban J connectivity index is 1.91. The van der Waals surface area contributed by atoms with E-state index in [4.69, 9.17) is 9.72 Å². The molecule has 3 aromatic carbocycles. The zero-order valence-electron chi connectivity index (χ0n) is 15.5. The van der Waals surface area contributed by atoms with Gasteiger partial charge in [0, 0.05) is 4.47 Å². The van der Waals surface area contributed by atoms with E-state index in [1.165, 1.54) is 7.11 Å². The van der Waals surface area contributed by atoms with Gasteiger partial charge in [0.15, 0.2) is 11.5 Å². The van der Waals surface area contributed by atoms with Crippen molar-refractivity contribution in [2.24, 2.45) is 0 Å². The summed E-state index contributed by atoms with van der Waals surface area (Å²) in [4.78, 5) is 18.0. The van der Waals surface area contributed by atoms with E-state index in [-0.39, 0.29) is 11.3 Å². The minimum atomic E-state index is -0.148. The zero-order chi connectivity index (χ0) is 20.4. The van der Waals surface area contributed by atoms with Crippen LogP contribution >= 0.6 is 15.9 Å². The Morgan fingerprint density at radius 3 is 2.59 bits per heavy atom. The lowest BCUT2D eigenvalue weighted by Crippen LogP contribution is -2.22. The summed E-state index contributed by atoms with van der Waals surface area (Å²) >= 11 is 3.42. The Morgan fingerprint density at radius 2 is 1.83 bits per heavy atom. The van der Waals surface area contributed by atoms with Crippen LogP contribution in [0.15, 0.2) is 76.0 Å². The van der Waals surface area contributed by atoms with Gasteiger partial charge in [0.2, 0.25) is 0 Å². The van der Waals surface area contributed by atoms with Gasteiger partial charge in [0.1, 0.15) is 5.82 Å². The van der Waals surface area contributed by atoms with Crippen LogP contribution in [0.3, 0.4) is 0 Å². The van der Waals surface area contributed by atoms with Gasteiger partial charge in [-0.3, -0.25) is 9.36 Å². The number of phenols is 1. The van der Waals surface area contributed by atoms with E-state index in [1.54, 1.807) is 34.9 Å². The second-order valence-electron chi connectivity index (χ2n) is 6.37. The maximum atomic E-state index is 13.3. The van der Waals surface area contributed by atoms with Crippen molar-refractivity contribution in [2.75, 3.05) is 7.11 Å². The van der Waals surface area contributed by atoms with E-state index in [2.05, 4.69) is 15.9 Å². The molecule has 0 saturated carbocycles. The van der Waals surface area contributed by atoms with E-state index in [0.717, 1.165) is 15.7 Å². The minimum absolute atomic E-state index is 0.0697. The third kappa shape index (κ3) is 3.79. The molecule has 0 amide bonds. The lowest BCUT2D eigenvalue weighted by Gasteiger charge is -2.11. The molecule has 0 saturated heterocycles. The number of methoxy groups -OCH3 is 1. The Bertz CT molecular complexity index is 1280. The lowest BCUT2D eigenvalue weighted by molar-refractivity contribution is 0.373. The van der Waals surface area contributed by atoms with E-state index >= 15 is 0 Å². The standard InChI is InChI=1S/C23H17BrN2O3/c1-29-21-13-15(7-11-20(21)27)8-12-22-25-19-10-9-16(24)14-18(19)23(28)26(22)17-5-3-2-4-6-17/h2-14,27H,1H3. The van der Waals surface area contributed by atoms with Crippen molar-refractivity contribution in [1.29, 1.82) is 0 Å². The molecule has 1 aromatic heterocycles. The molecule has 4 rings (SSSR count). The predicted octanol–water partition coefficient (Wildman–Crippen LogP) is 5.03. The fourth-order valence-electron chi connectivity index (χ4n) is 3.08. The van der Waals surface area contributed by atoms with Gasteiger partial charge in [0.25, 0.3) is 5.56 Å². The molecule has 0 spiro atoms. The number of hydrogen-bond donors (Lipinski definition) is 1. The number of benzene rings is 3. The quantitative estimate of drug-likeness (QED) is 0.475. The molecule has 5 nitrogen and oxygen atoms in total. The van der Waals surface area contributed by atoms with Crippen LogP contribution in [0.4, 0.5) is 0 Å². The topological polar surface area (TPSA) is 64.3 Å². The molecular formula is C23H17BrN2O3. The number of ether oxygens (including phenoxy) is 1. The fourth-order valence-corrected chi connectivity index (χ4v) is 3.44. The predicted molar refractivity (Wildman–Crippen MR) is 119 cm³/mol. The Labute approximate surface area is 175 Å². The summed E-state index contributed by atoms with van der Waals surface area (Å²) in [6.45, 7) is 0. The molecule has 0 bridgehead atoms. The minimum Gasteiger partial charge on any atom is -0.504 e. The van der Waals surface area contributed by atoms with Gasteiger partial charge in [-0.05, 0) is 54.1 Å². The maximum absolute atomic E-state index is 13.3. The van der Waals surface area contributed by atoms with Gasteiger partial charge in [-0.15, -0.1) is 0 Å². The van der Waals surface area contributed by atoms with Crippen LogP contribution in [-0.2, 0) is 0 Å². The van der Waals surface area contributed by atoms with Crippen molar-refractivity contribution < 1.29 is 9.84 Å². The number of halogens is 1. The normalized spacial score (nSPS) is 11.2. The van der Waals surface area contributed by atoms with Gasteiger partial charge in [0.05, 0.1) is 23.7 Å². The Kier molecular flexibility index (Phi) is 5.18. The molecule has 0 fully saturated rings. The summed E-state index contributed by atoms with van der Waals surface area (Å²) < 4.78 is 7.57. The Hall–Kier alpha value is -3.38. The number of phenolic OH excluding ortho intramolecular Hbond substituents is 1. The van der Waals surface area contributed by atoms with Gasteiger partial charge >= 0.3 is 0 Å². The smallest absolute Gasteiger partial charge is 0.266 e. The van der Waals surface area contributed by atoms with Crippen LogP contribution in [0.1, 0.15) is 11.4 Å². The Morgan fingerprint density at radius 1 is 1.03 bits per heavy atom. The highest BCUT2D eigenvalue weighted by Crippen LogP contribution is 2.27. The van der Waals surface area contributed by atoms with E-state index < -0.39 is 0 Å². The second kappa shape index (κ2) is 7.93. The maximum Gasteiger partial charge on any atom is 0.266 e. The molecule has 144 valence electrons. The molecule has 0 aliphatic heterocycles. The van der Waals surface area contributed by atoms with E-state index in [1.807, 2.05) is 48.5 Å². The number of aromatic hydroxyl groups is 1. The molecule has 0 unspecified atom stereocenters. The molecule has 1 heterocycles. The van der Waals surface area contributed by atoms with Crippen molar-refractivity contribution in [2.45, 2.75) is 0 Å². The molecule has 0 aliphatic rings. The van der Waals surface area contributed by atoms with E-state index in [0.29, 0.717) is 22.5 Å². The summed E-state index contributed by atoms with van der Waals surface area (Å²) in [6.07, 6.45) is 3.61. The second-order valence-corrected chi connectivity index (χ2v) is 7.29. The molecule has 6 heteroatoms. The average molecular weight is 449 g/mol. The molecular weight excluding hydrogens is 432 g/mol. The number of rotatable bonds is 4. The van der Waals surface area contributed by atoms with Crippen LogP contribution in [0, 0.1) is 0 Å². The zero-order valence-corrected chi connectivity index (χ0v) is 17.1. The van der Waals surface area contributed by atoms with Gasteiger partial charge in [-0.2, -0.15) is 0 Å². The van der Waals surface area contributed by atoms with Crippen LogP contribution in [-0.4, -0.2) is 21.8 Å². The van der Waals surface area contributed by atoms with Crippen LogP contribution in [0.25, 0.3) is 28.7 Å². The fraction of sp³-hybridized carbons (Fsp3) is 0.0435. The van der Waals surface area contributed by atoms with Gasteiger partial charge < -0.3 is 9.84 Å². The van der Waals surface area contributed by atoms with Crippen molar-refractivity contribution in [3.8, 4) is 17.2 Å². The average Bonchev–Trinajstić information content (AvgIpc) is 2.74. The van der Waals surface area contributed by atoms with Crippen molar-refractivity contribution in [3.05, 3.63) is 92.9 Å². The number of aromatic nitrogens is 2. The first-order valence-electron chi connectivity index (χ1n) is 8.89. The highest BCUT2D eigenvalue weighted by atomic mass is 79.9. The summed E-state index contributed by atoms with van der Waals surface area (Å²) in [7, 11) is 1.50. The first kappa shape index (κ1) is 19.0. The summed E-state index contributed by atoms with van der Waals surface area (Å²) in [6, 6.07) is 19.9. The third-order valence-corrected chi connectivity index (χ3v) is 4.99. The van der Waals surface area contributed by atoms with Crippen LogP contribution in [0.2, 0.25) is 0 Å². The van der Waals surface area contributed by atoms with Crippen LogP contribution in [0.5, 0.6) is 11.5 Å². The molecule has 0 aliphatic carbocycles. The van der Waals surface area contributed by atoms with Gasteiger partial charge in [-0.25, -0.2) is 4.98 Å². The molecule has 4 aromatic rings. The molecule has 0 radical (unpaired) electrons. The number of fused-ring (bicyclic) bond motifs is 1. The van der Waals surface area contributed by atoms with Crippen LogP contribution < -0.4 is 10.3 Å². The lowest BCUT2D eigenvalue weighted by atomic mass is 10.1. The first-order valence-corrected chi connectivity index (χ1v) is 9.69. The summed E-state index contributed by atoms with van der Waals surface area (Å²) in [5.74, 6) is 0.951. The highest BCUT2D eigenvalue weighted by Gasteiger charge is 2.11. The van der Waals surface area contributed by atoms with E-state index in [9.17, 15) is 9.90 Å². The largest absolute Gasteiger partial charge is 0.504 e. The monoisotopic (exact) mass is 448 g/mol. The highest BCUT2D eigenvalue weighted by molar-refractivity contribution is 9.10. The molecule has 1 N–H and O–H groups in total.